The molecule has 1 fully saturated rings. The van der Waals surface area contributed by atoms with E-state index < -0.39 is 0 Å². The lowest BCUT2D eigenvalue weighted by Gasteiger charge is -2.36. The zero-order valence-electron chi connectivity index (χ0n) is 8.03. The smallest absolute Gasteiger partial charge is 0.309 e. The molecule has 2 nitrogen and oxygen atoms in total. The minimum atomic E-state index is 0.0153. The molecule has 0 aromatic carbocycles. The summed E-state index contributed by atoms with van der Waals surface area (Å²) in [6.07, 6.45) is 7.92. The number of fused-ring (bicyclic) bond motifs is 2. The van der Waals surface area contributed by atoms with Crippen molar-refractivity contribution < 1.29 is 9.53 Å². The van der Waals surface area contributed by atoms with Gasteiger partial charge in [-0.15, -0.1) is 0 Å². The second-order valence-corrected chi connectivity index (χ2v) is 3.98. The average Bonchev–Trinajstić information content (AvgIpc) is 2.20. The Bertz CT molecular complexity index is 232. The molecule has 2 heteroatoms. The van der Waals surface area contributed by atoms with Crippen molar-refractivity contribution >= 4 is 5.97 Å². The summed E-state index contributed by atoms with van der Waals surface area (Å²) in [7, 11) is 0. The van der Waals surface area contributed by atoms with Crippen molar-refractivity contribution in [2.75, 3.05) is 6.61 Å². The first-order valence-corrected chi connectivity index (χ1v) is 5.16. The van der Waals surface area contributed by atoms with Crippen LogP contribution in [0.15, 0.2) is 12.2 Å². The zero-order valence-corrected chi connectivity index (χ0v) is 8.03. The first-order valence-electron chi connectivity index (χ1n) is 5.16. The molecule has 0 amide bonds. The van der Waals surface area contributed by atoms with E-state index in [0.717, 1.165) is 6.42 Å². The minimum Gasteiger partial charge on any atom is -0.466 e. The number of hydrogen-bond acceptors (Lipinski definition) is 2. The molecule has 0 radical (unpaired) electrons. The van der Waals surface area contributed by atoms with Gasteiger partial charge in [-0.2, -0.15) is 0 Å². The average molecular weight is 180 g/mol. The predicted octanol–water partition coefficient (Wildman–Crippen LogP) is 2.15. The molecule has 3 rings (SSSR count). The Kier molecular flexibility index (Phi) is 2.38. The molecule has 0 aliphatic heterocycles. The highest BCUT2D eigenvalue weighted by atomic mass is 16.5. The molecular weight excluding hydrogens is 164 g/mol. The Labute approximate surface area is 79.0 Å². The Balaban J connectivity index is 2.02. The number of carbonyl (C=O) groups excluding carboxylic acids is 1. The van der Waals surface area contributed by atoms with Crippen molar-refractivity contribution in [2.45, 2.75) is 26.2 Å². The molecule has 0 aromatic heterocycles. The van der Waals surface area contributed by atoms with Crippen LogP contribution in [-0.2, 0) is 9.53 Å². The largest absolute Gasteiger partial charge is 0.466 e. The first kappa shape index (κ1) is 8.79. The van der Waals surface area contributed by atoms with Gasteiger partial charge in [-0.1, -0.05) is 12.2 Å². The van der Waals surface area contributed by atoms with Crippen LogP contribution in [0.3, 0.4) is 0 Å². The van der Waals surface area contributed by atoms with Crippen LogP contribution in [0.1, 0.15) is 26.2 Å². The van der Waals surface area contributed by atoms with E-state index in [0.29, 0.717) is 18.4 Å². The van der Waals surface area contributed by atoms with Crippen molar-refractivity contribution in [1.29, 1.82) is 0 Å². The SMILES string of the molecule is CCOC(=O)[C@@H]1C[C@H]2C=C[C@H]1CC2. The number of ether oxygens (including phenoxy) is 1. The topological polar surface area (TPSA) is 26.3 Å². The van der Waals surface area contributed by atoms with E-state index in [1.807, 2.05) is 6.92 Å². The van der Waals surface area contributed by atoms with Crippen LogP contribution in [0.5, 0.6) is 0 Å². The third-order valence-electron chi connectivity index (χ3n) is 3.16. The molecule has 0 saturated heterocycles. The van der Waals surface area contributed by atoms with Gasteiger partial charge in [0.05, 0.1) is 12.5 Å². The quantitative estimate of drug-likeness (QED) is 0.481. The van der Waals surface area contributed by atoms with Crippen molar-refractivity contribution in [3.63, 3.8) is 0 Å². The lowest BCUT2D eigenvalue weighted by atomic mass is 9.69. The summed E-state index contributed by atoms with van der Waals surface area (Å²) in [6, 6.07) is 0. The molecule has 3 aliphatic carbocycles. The molecule has 0 unspecified atom stereocenters. The Morgan fingerprint density at radius 1 is 1.46 bits per heavy atom. The minimum absolute atomic E-state index is 0.0153. The lowest BCUT2D eigenvalue weighted by Crippen LogP contribution is -2.33. The predicted molar refractivity (Wildman–Crippen MR) is 50.1 cm³/mol. The highest BCUT2D eigenvalue weighted by Crippen LogP contribution is 2.40. The molecule has 72 valence electrons. The fourth-order valence-corrected chi connectivity index (χ4v) is 2.45. The van der Waals surface area contributed by atoms with Crippen LogP contribution < -0.4 is 0 Å². The summed E-state index contributed by atoms with van der Waals surface area (Å²) in [5.74, 6) is 1.27. The second-order valence-electron chi connectivity index (χ2n) is 3.98. The molecule has 0 spiro atoms. The molecule has 3 aliphatic rings. The summed E-state index contributed by atoms with van der Waals surface area (Å²) in [6.45, 7) is 2.38. The van der Waals surface area contributed by atoms with E-state index in [9.17, 15) is 4.79 Å². The third kappa shape index (κ3) is 1.62. The summed E-state index contributed by atoms with van der Waals surface area (Å²) in [5.41, 5.74) is 0. The van der Waals surface area contributed by atoms with Gasteiger partial charge < -0.3 is 4.74 Å². The molecule has 1 saturated carbocycles. The number of hydrogen-bond donors (Lipinski definition) is 0. The zero-order chi connectivity index (χ0) is 9.26. The van der Waals surface area contributed by atoms with Crippen LogP contribution in [0.4, 0.5) is 0 Å². The van der Waals surface area contributed by atoms with Gasteiger partial charge in [-0.25, -0.2) is 0 Å². The van der Waals surface area contributed by atoms with Crippen LogP contribution in [0.25, 0.3) is 0 Å². The van der Waals surface area contributed by atoms with Gasteiger partial charge >= 0.3 is 5.97 Å². The van der Waals surface area contributed by atoms with E-state index in [1.54, 1.807) is 0 Å². The number of allylic oxidation sites excluding steroid dienone is 2. The second kappa shape index (κ2) is 3.52. The van der Waals surface area contributed by atoms with E-state index in [-0.39, 0.29) is 11.9 Å². The van der Waals surface area contributed by atoms with E-state index in [2.05, 4.69) is 12.2 Å². The number of carbonyl (C=O) groups is 1. The van der Waals surface area contributed by atoms with Gasteiger partial charge in [-0.3, -0.25) is 4.79 Å². The molecule has 0 heterocycles. The third-order valence-corrected chi connectivity index (χ3v) is 3.16. The van der Waals surface area contributed by atoms with Gasteiger partial charge in [-0.05, 0) is 38.0 Å². The van der Waals surface area contributed by atoms with E-state index >= 15 is 0 Å². The summed E-state index contributed by atoms with van der Waals surface area (Å²) >= 11 is 0. The van der Waals surface area contributed by atoms with Crippen molar-refractivity contribution in [3.05, 3.63) is 12.2 Å². The van der Waals surface area contributed by atoms with Gasteiger partial charge in [0.15, 0.2) is 0 Å². The van der Waals surface area contributed by atoms with Crippen LogP contribution in [0.2, 0.25) is 0 Å². The molecule has 0 aromatic rings. The van der Waals surface area contributed by atoms with Crippen molar-refractivity contribution in [1.82, 2.24) is 0 Å². The summed E-state index contributed by atoms with van der Waals surface area (Å²) in [5, 5.41) is 0. The number of esters is 1. The fourth-order valence-electron chi connectivity index (χ4n) is 2.45. The molecular formula is C11H16O2. The molecule has 3 atom stereocenters. The fraction of sp³-hybridized carbons (Fsp3) is 0.727. The first-order chi connectivity index (χ1) is 6.31. The maximum Gasteiger partial charge on any atom is 0.309 e. The Hall–Kier alpha value is -0.790. The van der Waals surface area contributed by atoms with Gasteiger partial charge in [0.25, 0.3) is 0 Å². The van der Waals surface area contributed by atoms with Crippen LogP contribution in [-0.4, -0.2) is 12.6 Å². The van der Waals surface area contributed by atoms with Gasteiger partial charge in [0.2, 0.25) is 0 Å². The molecule has 2 bridgehead atoms. The number of rotatable bonds is 2. The van der Waals surface area contributed by atoms with Crippen LogP contribution >= 0.6 is 0 Å². The Morgan fingerprint density at radius 3 is 2.77 bits per heavy atom. The maximum atomic E-state index is 11.5. The molecule has 0 N–H and O–H groups in total. The highest BCUT2D eigenvalue weighted by molar-refractivity contribution is 5.73. The highest BCUT2D eigenvalue weighted by Gasteiger charge is 2.36. The normalized spacial score (nSPS) is 36.2. The molecule has 13 heavy (non-hydrogen) atoms. The van der Waals surface area contributed by atoms with Crippen LogP contribution in [0, 0.1) is 17.8 Å². The standard InChI is InChI=1S/C11H16O2/c1-2-13-11(12)10-7-8-3-5-9(10)6-4-8/h3,5,8-10H,2,4,6-7H2,1H3/t8-,9-,10+/m0/s1. The van der Waals surface area contributed by atoms with Gasteiger partial charge in [0, 0.05) is 0 Å². The lowest BCUT2D eigenvalue weighted by molar-refractivity contribution is -0.151. The van der Waals surface area contributed by atoms with Gasteiger partial charge in [0.1, 0.15) is 0 Å². The van der Waals surface area contributed by atoms with Crippen molar-refractivity contribution in [3.8, 4) is 0 Å². The Morgan fingerprint density at radius 2 is 2.31 bits per heavy atom. The monoisotopic (exact) mass is 180 g/mol. The van der Waals surface area contributed by atoms with E-state index in [4.69, 9.17) is 4.74 Å². The summed E-state index contributed by atoms with van der Waals surface area (Å²) in [4.78, 5) is 11.5. The van der Waals surface area contributed by atoms with Crippen molar-refractivity contribution in [2.24, 2.45) is 17.8 Å². The van der Waals surface area contributed by atoms with E-state index in [1.165, 1.54) is 12.8 Å². The maximum absolute atomic E-state index is 11.5. The summed E-state index contributed by atoms with van der Waals surface area (Å²) < 4.78 is 5.06.